The van der Waals surface area contributed by atoms with Crippen molar-refractivity contribution in [2.45, 2.75) is 46.1 Å². The van der Waals surface area contributed by atoms with Gasteiger partial charge in [-0.1, -0.05) is 45.9 Å². The largest absolute Gasteiger partial charge is 0.454 e. The molecule has 30 heavy (non-hydrogen) atoms. The Morgan fingerprint density at radius 2 is 1.60 bits per heavy atom. The molecule has 1 amide bonds. The number of rotatable bonds is 5. The van der Waals surface area contributed by atoms with Crippen LogP contribution in [0.1, 0.15) is 57.2 Å². The first-order valence-electron chi connectivity index (χ1n) is 10.9. The summed E-state index contributed by atoms with van der Waals surface area (Å²) in [5.74, 6) is 3.03. The molecular formula is C25H32N2O3. The zero-order valence-corrected chi connectivity index (χ0v) is 18.4. The number of piperidine rings is 1. The van der Waals surface area contributed by atoms with Crippen LogP contribution in [0.2, 0.25) is 0 Å². The molecule has 2 aliphatic rings. The lowest BCUT2D eigenvalue weighted by Crippen LogP contribution is -2.45. The van der Waals surface area contributed by atoms with Crippen molar-refractivity contribution in [2.75, 3.05) is 25.2 Å². The number of carbonyl (C=O) groups is 1. The van der Waals surface area contributed by atoms with Gasteiger partial charge in [-0.3, -0.25) is 9.69 Å². The summed E-state index contributed by atoms with van der Waals surface area (Å²) in [7, 11) is 0. The average molecular weight is 409 g/mol. The molecule has 0 spiro atoms. The molecule has 0 aromatic heterocycles. The first-order valence-corrected chi connectivity index (χ1v) is 10.9. The minimum atomic E-state index is -0.366. The molecule has 0 aliphatic carbocycles. The van der Waals surface area contributed by atoms with E-state index >= 15 is 0 Å². The van der Waals surface area contributed by atoms with Gasteiger partial charge in [-0.2, -0.15) is 0 Å². The van der Waals surface area contributed by atoms with Crippen LogP contribution in [0.15, 0.2) is 42.5 Å². The number of anilines is 1. The Labute approximate surface area is 179 Å². The van der Waals surface area contributed by atoms with Crippen molar-refractivity contribution in [1.82, 2.24) is 4.90 Å². The van der Waals surface area contributed by atoms with Gasteiger partial charge in [0.15, 0.2) is 11.5 Å². The number of fused-ring (bicyclic) bond motifs is 1. The van der Waals surface area contributed by atoms with E-state index in [0.29, 0.717) is 23.5 Å². The summed E-state index contributed by atoms with van der Waals surface area (Å²) in [5.41, 5.74) is 3.03. The first-order chi connectivity index (χ1) is 14.4. The summed E-state index contributed by atoms with van der Waals surface area (Å²) in [6.45, 7) is 10.9. The van der Waals surface area contributed by atoms with Crippen LogP contribution in [0.3, 0.4) is 0 Å². The molecule has 5 heteroatoms. The van der Waals surface area contributed by atoms with Gasteiger partial charge in [-0.25, -0.2) is 0 Å². The Bertz CT molecular complexity index is 884. The molecule has 2 heterocycles. The summed E-state index contributed by atoms with van der Waals surface area (Å²) in [5, 5.41) is 3.15. The van der Waals surface area contributed by atoms with Gasteiger partial charge in [0.2, 0.25) is 12.7 Å². The molecular weight excluding hydrogens is 376 g/mol. The minimum Gasteiger partial charge on any atom is -0.454 e. The summed E-state index contributed by atoms with van der Waals surface area (Å²) < 4.78 is 11.0. The Morgan fingerprint density at radius 3 is 2.27 bits per heavy atom. The second kappa shape index (κ2) is 8.68. The van der Waals surface area contributed by atoms with Gasteiger partial charge >= 0.3 is 0 Å². The van der Waals surface area contributed by atoms with Crippen LogP contribution in [0.25, 0.3) is 0 Å². The number of carbonyl (C=O) groups excluding carboxylic acids is 1. The van der Waals surface area contributed by atoms with Crippen molar-refractivity contribution in [1.29, 1.82) is 0 Å². The molecule has 0 radical (unpaired) electrons. The zero-order valence-electron chi connectivity index (χ0n) is 18.4. The van der Waals surface area contributed by atoms with E-state index in [-0.39, 0.29) is 18.7 Å². The van der Waals surface area contributed by atoms with E-state index in [0.717, 1.165) is 30.1 Å². The number of hydrogen-bond acceptors (Lipinski definition) is 4. The van der Waals surface area contributed by atoms with Gasteiger partial charge in [-0.15, -0.1) is 0 Å². The minimum absolute atomic E-state index is 0.00698. The van der Waals surface area contributed by atoms with Crippen molar-refractivity contribution >= 4 is 11.6 Å². The number of nitrogens with zero attached hydrogens (tertiary/aromatic N) is 1. The number of nitrogens with one attached hydrogen (secondary N) is 1. The van der Waals surface area contributed by atoms with Gasteiger partial charge in [0.05, 0.1) is 0 Å². The van der Waals surface area contributed by atoms with Crippen LogP contribution < -0.4 is 14.8 Å². The number of benzene rings is 2. The van der Waals surface area contributed by atoms with Gasteiger partial charge in [0.1, 0.15) is 6.04 Å². The van der Waals surface area contributed by atoms with Crippen LogP contribution in [0.4, 0.5) is 5.69 Å². The summed E-state index contributed by atoms with van der Waals surface area (Å²) in [6.07, 6.45) is 1.20. The van der Waals surface area contributed by atoms with E-state index in [9.17, 15) is 4.79 Å². The molecule has 4 rings (SSSR count). The Kier molecular flexibility index (Phi) is 6.00. The van der Waals surface area contributed by atoms with Crippen LogP contribution in [-0.4, -0.2) is 30.7 Å². The number of hydrogen-bond donors (Lipinski definition) is 1. The maximum absolute atomic E-state index is 13.5. The quantitative estimate of drug-likeness (QED) is 0.739. The van der Waals surface area contributed by atoms with Crippen LogP contribution in [0, 0.1) is 11.8 Å². The van der Waals surface area contributed by atoms with Crippen molar-refractivity contribution in [3.8, 4) is 11.5 Å². The van der Waals surface area contributed by atoms with E-state index < -0.39 is 0 Å². The highest BCUT2D eigenvalue weighted by molar-refractivity contribution is 5.95. The lowest BCUT2D eigenvalue weighted by atomic mass is 9.89. The monoisotopic (exact) mass is 408 g/mol. The summed E-state index contributed by atoms with van der Waals surface area (Å²) >= 11 is 0. The summed E-state index contributed by atoms with van der Waals surface area (Å²) in [4.78, 5) is 15.8. The molecule has 0 bridgehead atoms. The second-order valence-corrected chi connectivity index (χ2v) is 9.18. The highest BCUT2D eigenvalue weighted by Crippen LogP contribution is 2.37. The molecule has 3 unspecified atom stereocenters. The lowest BCUT2D eigenvalue weighted by Gasteiger charge is -2.39. The fourth-order valence-electron chi connectivity index (χ4n) is 4.70. The Morgan fingerprint density at radius 1 is 0.967 bits per heavy atom. The topological polar surface area (TPSA) is 50.8 Å². The fourth-order valence-corrected chi connectivity index (χ4v) is 4.70. The third kappa shape index (κ3) is 4.46. The predicted molar refractivity (Wildman–Crippen MR) is 119 cm³/mol. The zero-order chi connectivity index (χ0) is 21.3. The molecule has 0 saturated carbocycles. The molecule has 1 fully saturated rings. The number of ether oxygens (including phenoxy) is 2. The van der Waals surface area contributed by atoms with E-state index in [1.165, 1.54) is 12.0 Å². The molecule has 160 valence electrons. The van der Waals surface area contributed by atoms with Gasteiger partial charge in [-0.05, 0) is 59.6 Å². The molecule has 2 aromatic carbocycles. The van der Waals surface area contributed by atoms with Crippen molar-refractivity contribution in [2.24, 2.45) is 11.8 Å². The average Bonchev–Trinajstić information content (AvgIpc) is 3.16. The van der Waals surface area contributed by atoms with Crippen molar-refractivity contribution in [3.63, 3.8) is 0 Å². The summed E-state index contributed by atoms with van der Waals surface area (Å²) in [6, 6.07) is 13.6. The molecule has 1 saturated heterocycles. The smallest absolute Gasteiger partial charge is 0.246 e. The normalized spacial score (nSPS) is 22.2. The Balaban J connectivity index is 1.61. The van der Waals surface area contributed by atoms with E-state index in [2.05, 4.69) is 50.0 Å². The van der Waals surface area contributed by atoms with E-state index in [1.54, 1.807) is 0 Å². The third-order valence-corrected chi connectivity index (χ3v) is 6.07. The SMILES string of the molecule is CC1CC(C)CN(C(C(=O)Nc2ccc(C(C)C)cc2)c2ccc3c(c2)OCO3)C1. The van der Waals surface area contributed by atoms with Crippen LogP contribution in [0.5, 0.6) is 11.5 Å². The number of amides is 1. The van der Waals surface area contributed by atoms with Gasteiger partial charge in [0.25, 0.3) is 0 Å². The van der Waals surface area contributed by atoms with Crippen LogP contribution >= 0.6 is 0 Å². The van der Waals surface area contributed by atoms with E-state index in [1.807, 2.05) is 30.3 Å². The third-order valence-electron chi connectivity index (χ3n) is 6.07. The molecule has 2 aromatic rings. The highest BCUT2D eigenvalue weighted by atomic mass is 16.7. The molecule has 2 aliphatic heterocycles. The number of likely N-dealkylation sites (tertiary alicyclic amines) is 1. The van der Waals surface area contributed by atoms with Gasteiger partial charge < -0.3 is 14.8 Å². The predicted octanol–water partition coefficient (Wildman–Crippen LogP) is 5.20. The van der Waals surface area contributed by atoms with Crippen molar-refractivity contribution < 1.29 is 14.3 Å². The molecule has 5 nitrogen and oxygen atoms in total. The molecule has 1 N–H and O–H groups in total. The fraction of sp³-hybridized carbons (Fsp3) is 0.480. The second-order valence-electron chi connectivity index (χ2n) is 9.18. The molecule has 3 atom stereocenters. The maximum Gasteiger partial charge on any atom is 0.246 e. The highest BCUT2D eigenvalue weighted by Gasteiger charge is 2.34. The van der Waals surface area contributed by atoms with E-state index in [4.69, 9.17) is 9.47 Å². The first kappa shape index (κ1) is 20.7. The Hall–Kier alpha value is -2.53. The van der Waals surface area contributed by atoms with Crippen molar-refractivity contribution in [3.05, 3.63) is 53.6 Å². The maximum atomic E-state index is 13.5. The standard InChI is InChI=1S/C25H32N2O3/c1-16(2)19-5-8-21(9-6-19)26-25(28)24(27-13-17(3)11-18(4)14-27)20-7-10-22-23(12-20)30-15-29-22/h5-10,12,16-18,24H,11,13-15H2,1-4H3,(H,26,28). The van der Waals surface area contributed by atoms with Crippen LogP contribution in [-0.2, 0) is 4.79 Å². The lowest BCUT2D eigenvalue weighted by molar-refractivity contribution is -0.122. The van der Waals surface area contributed by atoms with Gasteiger partial charge in [0, 0.05) is 18.8 Å².